The first-order chi connectivity index (χ1) is 14.3. The fraction of sp³-hybridized carbons (Fsp3) is 0.400. The Kier molecular flexibility index (Phi) is 4.18. The average Bonchev–Trinajstić information content (AvgIpc) is 3.14. The van der Waals surface area contributed by atoms with Crippen molar-refractivity contribution in [3.8, 4) is 0 Å². The lowest BCUT2D eigenvalue weighted by Gasteiger charge is -2.26. The highest BCUT2D eigenvalue weighted by molar-refractivity contribution is 6.11. The van der Waals surface area contributed by atoms with Crippen LogP contribution < -0.4 is 4.40 Å². The molecule has 0 bridgehead atoms. The molecule has 5 rings (SSSR count). The molecule has 2 nitrogen and oxygen atoms in total. The number of hydrogen-bond donors (Lipinski definition) is 0. The summed E-state index contributed by atoms with van der Waals surface area (Å²) in [6, 6.07) is 12.2. The molecule has 0 radical (unpaired) electrons. The Labute approximate surface area is 173 Å². The van der Waals surface area contributed by atoms with E-state index in [9.17, 15) is 13.2 Å². The smallest absolute Gasteiger partial charge is 0.216 e. The van der Waals surface area contributed by atoms with Crippen LogP contribution in [0.5, 0.6) is 0 Å². The van der Waals surface area contributed by atoms with E-state index in [0.717, 1.165) is 40.1 Å². The van der Waals surface area contributed by atoms with Gasteiger partial charge in [0.05, 0.1) is 5.39 Å². The van der Waals surface area contributed by atoms with Crippen LogP contribution in [0.15, 0.2) is 42.6 Å². The molecule has 2 unspecified atom stereocenters. The van der Waals surface area contributed by atoms with Crippen LogP contribution >= 0.6 is 0 Å². The molecule has 2 atom stereocenters. The molecule has 1 aliphatic rings. The number of pyridine rings is 1. The third-order valence-electron chi connectivity index (χ3n) is 7.23. The SMILES string of the molecule is CCC(CC)c1ccc2c3cccc4c3c3n(c(C(F)(F)F)c[n+]3c2c1)C(C)C4C. The Balaban J connectivity index is 2.02. The maximum atomic E-state index is 14.1. The van der Waals surface area contributed by atoms with E-state index in [1.807, 2.05) is 26.0 Å². The number of alkyl halides is 3. The molecule has 0 aliphatic carbocycles. The number of hydrogen-bond acceptors (Lipinski definition) is 0. The van der Waals surface area contributed by atoms with E-state index in [2.05, 4.69) is 38.1 Å². The lowest BCUT2D eigenvalue weighted by Crippen LogP contribution is -2.27. The zero-order chi connectivity index (χ0) is 21.4. The van der Waals surface area contributed by atoms with Gasteiger partial charge in [-0.25, -0.2) is 4.57 Å². The topological polar surface area (TPSA) is 9.03 Å². The van der Waals surface area contributed by atoms with E-state index in [0.29, 0.717) is 11.6 Å². The largest absolute Gasteiger partial charge is 0.457 e. The maximum absolute atomic E-state index is 14.1. The number of imidazole rings is 1. The minimum atomic E-state index is -4.40. The second-order valence-corrected chi connectivity index (χ2v) is 8.66. The van der Waals surface area contributed by atoms with Crippen molar-refractivity contribution in [3.63, 3.8) is 0 Å². The van der Waals surface area contributed by atoms with Gasteiger partial charge in [-0.05, 0) is 48.9 Å². The summed E-state index contributed by atoms with van der Waals surface area (Å²) in [6.45, 7) is 8.24. The lowest BCUT2D eigenvalue weighted by molar-refractivity contribution is -0.480. The minimum Gasteiger partial charge on any atom is -0.216 e. The Bertz CT molecular complexity index is 1300. The Morgan fingerprint density at radius 2 is 1.77 bits per heavy atom. The van der Waals surface area contributed by atoms with Crippen LogP contribution in [0.3, 0.4) is 0 Å². The van der Waals surface area contributed by atoms with Gasteiger partial charge in [0.2, 0.25) is 5.69 Å². The van der Waals surface area contributed by atoms with Crippen molar-refractivity contribution in [2.75, 3.05) is 0 Å². The van der Waals surface area contributed by atoms with Crippen LogP contribution in [-0.2, 0) is 6.18 Å². The minimum absolute atomic E-state index is 0.000198. The highest BCUT2D eigenvalue weighted by atomic mass is 19.4. The van der Waals surface area contributed by atoms with Gasteiger partial charge in [0.25, 0.3) is 5.65 Å². The van der Waals surface area contributed by atoms with Crippen molar-refractivity contribution in [2.24, 2.45) is 0 Å². The quantitative estimate of drug-likeness (QED) is 0.250. The molecule has 2 aromatic heterocycles. The van der Waals surface area contributed by atoms with Gasteiger partial charge in [0.15, 0.2) is 0 Å². The highest BCUT2D eigenvalue weighted by Crippen LogP contribution is 2.45. The Morgan fingerprint density at radius 1 is 1.03 bits per heavy atom. The number of benzene rings is 2. The van der Waals surface area contributed by atoms with Crippen LogP contribution in [0.25, 0.3) is 27.3 Å². The van der Waals surface area contributed by atoms with Crippen molar-refractivity contribution in [3.05, 3.63) is 59.4 Å². The van der Waals surface area contributed by atoms with E-state index in [1.165, 1.54) is 16.3 Å². The van der Waals surface area contributed by atoms with Crippen LogP contribution in [0.2, 0.25) is 0 Å². The molecule has 4 aromatic rings. The van der Waals surface area contributed by atoms with Gasteiger partial charge in [-0.3, -0.25) is 0 Å². The normalized spacial score (nSPS) is 19.1. The Morgan fingerprint density at radius 3 is 2.43 bits per heavy atom. The molecule has 0 fully saturated rings. The molecule has 0 spiro atoms. The van der Waals surface area contributed by atoms with E-state index >= 15 is 0 Å². The molecular weight excluding hydrogens is 385 g/mol. The predicted molar refractivity (Wildman–Crippen MR) is 114 cm³/mol. The van der Waals surface area contributed by atoms with Crippen molar-refractivity contribution in [1.82, 2.24) is 4.57 Å². The zero-order valence-corrected chi connectivity index (χ0v) is 17.7. The van der Waals surface area contributed by atoms with Crippen LogP contribution in [-0.4, -0.2) is 4.57 Å². The fourth-order valence-electron chi connectivity index (χ4n) is 5.42. The van der Waals surface area contributed by atoms with E-state index in [-0.39, 0.29) is 12.0 Å². The molecular formula is C25H26F3N2+. The van der Waals surface area contributed by atoms with Crippen molar-refractivity contribution in [1.29, 1.82) is 0 Å². The molecule has 30 heavy (non-hydrogen) atoms. The second-order valence-electron chi connectivity index (χ2n) is 8.66. The standard InChI is InChI=1S/C25H26F3N2/c1-5-16(6-2)17-10-11-19-20-9-7-8-18-14(3)15(4)30-22(25(26,27)28)13-29(21(19)12-17)24(30)23(18)20/h7-16H,5-6H2,1-4H3/q+1. The first kappa shape index (κ1) is 19.4. The van der Waals surface area contributed by atoms with Gasteiger partial charge in [-0.1, -0.05) is 45.0 Å². The lowest BCUT2D eigenvalue weighted by atomic mass is 9.86. The van der Waals surface area contributed by atoms with Gasteiger partial charge in [-0.15, -0.1) is 0 Å². The van der Waals surface area contributed by atoms with Crippen molar-refractivity contribution < 1.29 is 17.6 Å². The van der Waals surface area contributed by atoms with Crippen LogP contribution in [0.1, 0.15) is 75.2 Å². The second kappa shape index (κ2) is 6.47. The third-order valence-corrected chi connectivity index (χ3v) is 7.23. The zero-order valence-electron chi connectivity index (χ0n) is 17.7. The number of rotatable bonds is 3. The molecule has 0 saturated heterocycles. The summed E-state index contributed by atoms with van der Waals surface area (Å²) < 4.78 is 45.5. The van der Waals surface area contributed by atoms with Gasteiger partial charge < -0.3 is 0 Å². The van der Waals surface area contributed by atoms with E-state index in [4.69, 9.17) is 0 Å². The van der Waals surface area contributed by atoms with E-state index < -0.39 is 11.9 Å². The number of aromatic nitrogens is 2. The monoisotopic (exact) mass is 411 g/mol. The summed E-state index contributed by atoms with van der Waals surface area (Å²) in [5.41, 5.74) is 3.26. The molecule has 2 aromatic carbocycles. The molecule has 3 heterocycles. The molecule has 0 amide bonds. The molecule has 0 N–H and O–H groups in total. The Hall–Kier alpha value is -2.56. The first-order valence-corrected chi connectivity index (χ1v) is 10.8. The summed E-state index contributed by atoms with van der Waals surface area (Å²) in [5, 5.41) is 2.98. The number of nitrogens with zero attached hydrogens (tertiary/aromatic N) is 2. The first-order valence-electron chi connectivity index (χ1n) is 10.8. The number of halogens is 3. The maximum Gasteiger partial charge on any atom is 0.457 e. The average molecular weight is 411 g/mol. The van der Waals surface area contributed by atoms with Gasteiger partial charge in [0.1, 0.15) is 17.8 Å². The summed E-state index contributed by atoms with van der Waals surface area (Å²) in [4.78, 5) is 0. The van der Waals surface area contributed by atoms with Gasteiger partial charge in [0, 0.05) is 16.7 Å². The van der Waals surface area contributed by atoms with Crippen molar-refractivity contribution in [2.45, 2.75) is 64.6 Å². The highest BCUT2D eigenvalue weighted by Gasteiger charge is 2.46. The molecule has 0 saturated carbocycles. The van der Waals surface area contributed by atoms with E-state index in [1.54, 1.807) is 4.40 Å². The number of fused-ring (bicyclic) bond motifs is 3. The molecule has 5 heteroatoms. The summed E-state index contributed by atoms with van der Waals surface area (Å²) >= 11 is 0. The summed E-state index contributed by atoms with van der Waals surface area (Å²) in [5.74, 6) is 0.405. The van der Waals surface area contributed by atoms with Crippen LogP contribution in [0.4, 0.5) is 13.2 Å². The summed E-state index contributed by atoms with van der Waals surface area (Å²) in [7, 11) is 0. The van der Waals surface area contributed by atoms with Crippen LogP contribution in [0, 0.1) is 0 Å². The van der Waals surface area contributed by atoms with Crippen molar-refractivity contribution >= 4 is 27.3 Å². The summed E-state index contributed by atoms with van der Waals surface area (Å²) in [6.07, 6.45) is -1.08. The van der Waals surface area contributed by atoms with Gasteiger partial charge >= 0.3 is 6.18 Å². The molecule has 156 valence electrons. The third kappa shape index (κ3) is 2.47. The molecule has 1 aliphatic heterocycles. The fourth-order valence-corrected chi connectivity index (χ4v) is 5.42. The van der Waals surface area contributed by atoms with Gasteiger partial charge in [-0.2, -0.15) is 17.6 Å². The predicted octanol–water partition coefficient (Wildman–Crippen LogP) is 7.13.